The molecule has 3 heterocycles. The maximum atomic E-state index is 13.9. The Morgan fingerprint density at radius 2 is 1.03 bits per heavy atom. The molecule has 7 aromatic rings. The summed E-state index contributed by atoms with van der Waals surface area (Å²) in [5.74, 6) is 1.31. The summed E-state index contributed by atoms with van der Waals surface area (Å²) in [5.41, 5.74) is 10.7. The van der Waals surface area contributed by atoms with Gasteiger partial charge in [0, 0.05) is 48.8 Å². The Morgan fingerprint density at radius 3 is 1.54 bits per heavy atom. The highest BCUT2D eigenvalue weighted by Gasteiger charge is 2.41. The van der Waals surface area contributed by atoms with Crippen LogP contribution in [0.2, 0.25) is 0 Å². The fraction of sp³-hybridized carbons (Fsp3) is 0.222. The summed E-state index contributed by atoms with van der Waals surface area (Å²) in [4.78, 5) is 73.3. The van der Waals surface area contributed by atoms with Crippen molar-refractivity contribution in [2.75, 3.05) is 54.2 Å². The van der Waals surface area contributed by atoms with E-state index in [1.165, 1.54) is 19.5 Å². The minimum absolute atomic E-state index is 0.0440. The fourth-order valence-electron chi connectivity index (χ4n) is 7.85. The van der Waals surface area contributed by atoms with E-state index in [9.17, 15) is 19.2 Å². The van der Waals surface area contributed by atoms with Crippen molar-refractivity contribution in [2.45, 2.75) is 25.4 Å². The highest BCUT2D eigenvalue weighted by atomic mass is 16.5. The fourth-order valence-corrected chi connectivity index (χ4v) is 7.85. The van der Waals surface area contributed by atoms with Gasteiger partial charge in [0.05, 0.1) is 94.5 Å². The summed E-state index contributed by atoms with van der Waals surface area (Å²) in [5, 5.41) is 5.71. The number of fused-ring (bicyclic) bond motifs is 1. The van der Waals surface area contributed by atoms with Crippen LogP contribution < -0.4 is 44.8 Å². The number of hydrogen-bond acceptors (Lipinski definition) is 15. The van der Waals surface area contributed by atoms with E-state index in [1.807, 2.05) is 43.3 Å². The van der Waals surface area contributed by atoms with Crippen LogP contribution in [0.3, 0.4) is 0 Å². The van der Waals surface area contributed by atoms with Crippen molar-refractivity contribution in [3.05, 3.63) is 168 Å². The van der Waals surface area contributed by atoms with Crippen LogP contribution in [0, 0.1) is 0 Å². The zero-order valence-corrected chi connectivity index (χ0v) is 40.0. The van der Waals surface area contributed by atoms with Crippen molar-refractivity contribution in [1.29, 1.82) is 0 Å². The second kappa shape index (κ2) is 23.1. The van der Waals surface area contributed by atoms with Crippen molar-refractivity contribution in [1.82, 2.24) is 35.5 Å². The molecule has 8 rings (SSSR count). The number of carbonyl (C=O) groups excluding carboxylic acids is 4. The van der Waals surface area contributed by atoms with Crippen molar-refractivity contribution in [3.63, 3.8) is 0 Å². The lowest BCUT2D eigenvalue weighted by Gasteiger charge is -2.27. The molecule has 2 atom stereocenters. The largest absolute Gasteiger partial charge is 0.497 e. The molecule has 0 saturated heterocycles. The molecule has 0 fully saturated rings. The standard InChI is InChI=1S/C54H52N8O10/c1-5-70-37-15-11-33(12-16-37)46-28-57-31-49(61-46)52(64)59-32-50(62-53(65)43-9-6-7-10-44(43)54(62)66)36-23-41(69-4)26-42(24-36)72-20-8-19-71-38-17-13-34(14-18-38)47-29-56-30-48(60-47)51(63)58-27-45(55)35-21-39(67-2)25-40(22-35)68-3/h6-7,9-18,21-26,28-31,45,50H,5,8,19-20,27,32,55H2,1-4H3,(H,58,63)(H,59,64). The van der Waals surface area contributed by atoms with Crippen LogP contribution >= 0.6 is 0 Å². The summed E-state index contributed by atoms with van der Waals surface area (Å²) in [6.45, 7) is 2.95. The Labute approximate surface area is 415 Å². The number of nitrogens with zero attached hydrogens (tertiary/aromatic N) is 5. The molecular weight excluding hydrogens is 921 g/mol. The molecule has 2 aromatic heterocycles. The number of aromatic nitrogens is 4. The summed E-state index contributed by atoms with van der Waals surface area (Å²) in [7, 11) is 4.60. The maximum absolute atomic E-state index is 13.9. The minimum atomic E-state index is -0.974. The van der Waals surface area contributed by atoms with Gasteiger partial charge in [-0.15, -0.1) is 0 Å². The van der Waals surface area contributed by atoms with Gasteiger partial charge in [0.15, 0.2) is 0 Å². The van der Waals surface area contributed by atoms with Gasteiger partial charge < -0.3 is 44.8 Å². The molecule has 1 aliphatic rings. The van der Waals surface area contributed by atoms with E-state index in [1.54, 1.807) is 99.4 Å². The van der Waals surface area contributed by atoms with Crippen LogP contribution in [0.25, 0.3) is 22.5 Å². The molecule has 4 N–H and O–H groups in total. The lowest BCUT2D eigenvalue weighted by Crippen LogP contribution is -2.41. The quantitative estimate of drug-likeness (QED) is 0.0456. The van der Waals surface area contributed by atoms with Gasteiger partial charge in [0.1, 0.15) is 45.9 Å². The summed E-state index contributed by atoms with van der Waals surface area (Å²) >= 11 is 0. The normalized spacial score (nSPS) is 12.6. The zero-order valence-electron chi connectivity index (χ0n) is 40.0. The first-order valence-electron chi connectivity index (χ1n) is 23.0. The Bertz CT molecular complexity index is 3010. The van der Waals surface area contributed by atoms with E-state index in [-0.39, 0.29) is 42.2 Å². The van der Waals surface area contributed by atoms with E-state index in [0.717, 1.165) is 21.6 Å². The summed E-state index contributed by atoms with van der Waals surface area (Å²) < 4.78 is 34.1. The van der Waals surface area contributed by atoms with Gasteiger partial charge in [0.25, 0.3) is 23.6 Å². The van der Waals surface area contributed by atoms with Gasteiger partial charge in [0.2, 0.25) is 0 Å². The second-order valence-electron chi connectivity index (χ2n) is 16.3. The smallest absolute Gasteiger partial charge is 0.271 e. The SMILES string of the molecule is CCOc1ccc(-c2cncc(C(=O)NCC(c3cc(OC)cc(OCCCOc4ccc(-c5cncc(C(=O)NCC(N)c6cc(OC)cc(OC)c6)n5)cc4)c3)N3C(=O)c4ccccc4C3=O)n2)cc1. The van der Waals surface area contributed by atoms with E-state index in [0.29, 0.717) is 71.1 Å². The zero-order chi connectivity index (χ0) is 50.6. The number of nitrogens with one attached hydrogen (secondary N) is 2. The number of amides is 4. The molecule has 18 heteroatoms. The Balaban J connectivity index is 0.885. The highest BCUT2D eigenvalue weighted by Crippen LogP contribution is 2.35. The van der Waals surface area contributed by atoms with Crippen LogP contribution in [-0.4, -0.2) is 103 Å². The number of rotatable bonds is 22. The molecule has 0 bridgehead atoms. The van der Waals surface area contributed by atoms with E-state index in [2.05, 4.69) is 30.6 Å². The van der Waals surface area contributed by atoms with Crippen molar-refractivity contribution < 1.29 is 47.6 Å². The first-order chi connectivity index (χ1) is 35.0. The van der Waals surface area contributed by atoms with E-state index >= 15 is 0 Å². The molecule has 0 spiro atoms. The average molecular weight is 973 g/mol. The number of imide groups is 1. The third kappa shape index (κ3) is 11.7. The average Bonchev–Trinajstić information content (AvgIpc) is 3.67. The van der Waals surface area contributed by atoms with Crippen LogP contribution in [0.15, 0.2) is 134 Å². The van der Waals surface area contributed by atoms with Gasteiger partial charge in [-0.05, 0) is 103 Å². The van der Waals surface area contributed by atoms with Crippen LogP contribution in [0.4, 0.5) is 0 Å². The number of carbonyl (C=O) groups is 4. The molecule has 18 nitrogen and oxygen atoms in total. The molecule has 0 aliphatic carbocycles. The summed E-state index contributed by atoms with van der Waals surface area (Å²) in [6, 6.07) is 30.0. The molecule has 1 aliphatic heterocycles. The van der Waals surface area contributed by atoms with E-state index in [4.69, 9.17) is 34.2 Å². The van der Waals surface area contributed by atoms with Crippen molar-refractivity contribution >= 4 is 23.6 Å². The first-order valence-corrected chi connectivity index (χ1v) is 23.0. The molecule has 0 radical (unpaired) electrons. The molecule has 4 amide bonds. The number of hydrogen-bond donors (Lipinski definition) is 3. The Kier molecular flexibility index (Phi) is 15.9. The first kappa shape index (κ1) is 49.5. The number of ether oxygens (including phenoxy) is 6. The van der Waals surface area contributed by atoms with Gasteiger partial charge in [-0.2, -0.15) is 0 Å². The Morgan fingerprint density at radius 1 is 0.569 bits per heavy atom. The van der Waals surface area contributed by atoms with Crippen molar-refractivity contribution in [3.8, 4) is 57.0 Å². The highest BCUT2D eigenvalue weighted by molar-refractivity contribution is 6.21. The Hall–Kier alpha value is -8.90. The second-order valence-corrected chi connectivity index (χ2v) is 16.3. The van der Waals surface area contributed by atoms with Gasteiger partial charge >= 0.3 is 0 Å². The van der Waals surface area contributed by atoms with Crippen LogP contribution in [-0.2, 0) is 0 Å². The molecule has 72 heavy (non-hydrogen) atoms. The molecule has 2 unspecified atom stereocenters. The number of methoxy groups -OCH3 is 3. The predicted octanol–water partition coefficient (Wildman–Crippen LogP) is 7.07. The molecular formula is C54H52N8O10. The van der Waals surface area contributed by atoms with Crippen LogP contribution in [0.5, 0.6) is 34.5 Å². The third-order valence-corrected chi connectivity index (χ3v) is 11.6. The lowest BCUT2D eigenvalue weighted by molar-refractivity contribution is 0.0572. The molecule has 368 valence electrons. The molecule has 0 saturated carbocycles. The third-order valence-electron chi connectivity index (χ3n) is 11.6. The number of nitrogens with two attached hydrogens (primary N) is 1. The summed E-state index contributed by atoms with van der Waals surface area (Å²) in [6.07, 6.45) is 6.35. The minimum Gasteiger partial charge on any atom is -0.497 e. The number of benzene rings is 5. The topological polar surface area (TPSA) is 229 Å². The van der Waals surface area contributed by atoms with E-state index < -0.39 is 35.7 Å². The van der Waals surface area contributed by atoms with Crippen LogP contribution in [0.1, 0.15) is 78.2 Å². The van der Waals surface area contributed by atoms with Gasteiger partial charge in [-0.1, -0.05) is 12.1 Å². The predicted molar refractivity (Wildman–Crippen MR) is 266 cm³/mol. The molecule has 5 aromatic carbocycles. The van der Waals surface area contributed by atoms with Crippen molar-refractivity contribution in [2.24, 2.45) is 5.73 Å². The maximum Gasteiger partial charge on any atom is 0.271 e. The monoisotopic (exact) mass is 972 g/mol. The van der Waals surface area contributed by atoms with Gasteiger partial charge in [-0.3, -0.25) is 34.0 Å². The van der Waals surface area contributed by atoms with Gasteiger partial charge in [-0.25, -0.2) is 9.97 Å². The lowest BCUT2D eigenvalue weighted by atomic mass is 10.0.